The fourth-order valence-electron chi connectivity index (χ4n) is 2.29. The Morgan fingerprint density at radius 1 is 1.31 bits per heavy atom. The number of methoxy groups -OCH3 is 1. The van der Waals surface area contributed by atoms with Crippen LogP contribution >= 0.6 is 11.3 Å². The summed E-state index contributed by atoms with van der Waals surface area (Å²) < 4.78 is 10.5. The molecule has 26 heavy (non-hydrogen) atoms. The number of nitrogens with one attached hydrogen (secondary N) is 1. The maximum atomic E-state index is 12.3. The van der Waals surface area contributed by atoms with Gasteiger partial charge >= 0.3 is 0 Å². The third-order valence-electron chi connectivity index (χ3n) is 3.75. The van der Waals surface area contributed by atoms with E-state index in [4.69, 9.17) is 9.15 Å². The van der Waals surface area contributed by atoms with Gasteiger partial charge in [-0.25, -0.2) is 4.98 Å². The topological polar surface area (TPSA) is 108 Å². The van der Waals surface area contributed by atoms with Crippen LogP contribution in [0.15, 0.2) is 34.7 Å². The van der Waals surface area contributed by atoms with Gasteiger partial charge in [0, 0.05) is 4.88 Å². The molecule has 0 aliphatic carbocycles. The maximum absolute atomic E-state index is 12.3. The van der Waals surface area contributed by atoms with E-state index in [1.54, 1.807) is 6.07 Å². The zero-order valence-electron chi connectivity index (χ0n) is 14.2. The summed E-state index contributed by atoms with van der Waals surface area (Å²) in [7, 11) is 1.43. The Balaban J connectivity index is 1.88. The molecule has 0 spiro atoms. The molecule has 0 aliphatic rings. The number of nitro groups is 1. The van der Waals surface area contributed by atoms with Gasteiger partial charge in [-0.2, -0.15) is 0 Å². The molecule has 0 radical (unpaired) electrons. The van der Waals surface area contributed by atoms with Crippen molar-refractivity contribution in [3.05, 3.63) is 56.8 Å². The van der Waals surface area contributed by atoms with Crippen molar-refractivity contribution >= 4 is 28.1 Å². The number of anilines is 1. The minimum Gasteiger partial charge on any atom is -0.497 e. The second kappa shape index (κ2) is 6.96. The first kappa shape index (κ1) is 17.6. The Morgan fingerprint density at radius 3 is 2.69 bits per heavy atom. The maximum Gasteiger partial charge on any atom is 0.293 e. The summed E-state index contributed by atoms with van der Waals surface area (Å²) in [6.45, 7) is 3.77. The number of rotatable bonds is 5. The number of hydrogen-bond donors (Lipinski definition) is 1. The highest BCUT2D eigenvalue weighted by molar-refractivity contribution is 7.15. The number of thiazole rings is 1. The highest BCUT2D eigenvalue weighted by atomic mass is 32.1. The van der Waals surface area contributed by atoms with Crippen LogP contribution in [0.2, 0.25) is 0 Å². The van der Waals surface area contributed by atoms with E-state index in [-0.39, 0.29) is 22.8 Å². The Morgan fingerprint density at radius 2 is 2.08 bits per heavy atom. The van der Waals surface area contributed by atoms with E-state index in [1.165, 1.54) is 42.7 Å². The molecule has 9 heteroatoms. The molecule has 134 valence electrons. The summed E-state index contributed by atoms with van der Waals surface area (Å²) >= 11 is 1.36. The molecule has 3 rings (SSSR count). The summed E-state index contributed by atoms with van der Waals surface area (Å²) in [6, 6.07) is 7.39. The number of hydrogen-bond acceptors (Lipinski definition) is 7. The molecule has 1 amide bonds. The third-order valence-corrected chi connectivity index (χ3v) is 4.73. The molecule has 0 atom stereocenters. The zero-order valence-corrected chi connectivity index (χ0v) is 15.0. The second-order valence-electron chi connectivity index (χ2n) is 5.42. The standard InChI is InChI=1S/C17H15N3O5S/c1-9-10(2)26-17(18-9)19-16(21)15-7-6-14(25-15)12-5-4-11(24-3)8-13(12)20(22)23/h4-8H,1-3H3,(H,18,19,21). The van der Waals surface area contributed by atoms with Gasteiger partial charge < -0.3 is 9.15 Å². The highest BCUT2D eigenvalue weighted by Gasteiger charge is 2.21. The van der Waals surface area contributed by atoms with Crippen molar-refractivity contribution in [3.63, 3.8) is 0 Å². The quantitative estimate of drug-likeness (QED) is 0.531. The molecule has 2 heterocycles. The van der Waals surface area contributed by atoms with E-state index >= 15 is 0 Å². The number of carbonyl (C=O) groups excluding carboxylic acids is 1. The number of carbonyl (C=O) groups is 1. The van der Waals surface area contributed by atoms with E-state index in [1.807, 2.05) is 13.8 Å². The Hall–Kier alpha value is -3.20. The first-order chi connectivity index (χ1) is 12.4. The molecule has 0 aliphatic heterocycles. The molecular weight excluding hydrogens is 358 g/mol. The Bertz CT molecular complexity index is 973. The molecule has 0 saturated heterocycles. The summed E-state index contributed by atoms with van der Waals surface area (Å²) in [6.07, 6.45) is 0. The SMILES string of the molecule is COc1ccc(-c2ccc(C(=O)Nc3nc(C)c(C)s3)o2)c([N+](=O)[O-])c1. The number of nitrogens with zero attached hydrogens (tertiary/aromatic N) is 2. The van der Waals surface area contributed by atoms with Crippen LogP contribution in [0.3, 0.4) is 0 Å². The van der Waals surface area contributed by atoms with Crippen molar-refractivity contribution < 1.29 is 18.9 Å². The minimum absolute atomic E-state index is 0.0376. The predicted molar refractivity (Wildman–Crippen MR) is 96.9 cm³/mol. The van der Waals surface area contributed by atoms with Crippen molar-refractivity contribution in [1.82, 2.24) is 4.98 Å². The van der Waals surface area contributed by atoms with Gasteiger partial charge in [0.15, 0.2) is 10.9 Å². The van der Waals surface area contributed by atoms with E-state index < -0.39 is 10.8 Å². The predicted octanol–water partition coefficient (Wildman–Crippen LogP) is 4.19. The first-order valence-corrected chi connectivity index (χ1v) is 8.38. The Labute approximate surface area is 152 Å². The molecular formula is C17H15N3O5S. The van der Waals surface area contributed by atoms with Crippen molar-refractivity contribution in [2.45, 2.75) is 13.8 Å². The normalized spacial score (nSPS) is 10.6. The Kier molecular flexibility index (Phi) is 4.72. The van der Waals surface area contributed by atoms with Crippen LogP contribution in [0.1, 0.15) is 21.1 Å². The van der Waals surface area contributed by atoms with Gasteiger partial charge in [0.1, 0.15) is 11.5 Å². The molecule has 8 nitrogen and oxygen atoms in total. The fourth-order valence-corrected chi connectivity index (χ4v) is 3.10. The lowest BCUT2D eigenvalue weighted by Crippen LogP contribution is -2.10. The van der Waals surface area contributed by atoms with E-state index in [0.717, 1.165) is 10.6 Å². The van der Waals surface area contributed by atoms with Crippen LogP contribution in [0.4, 0.5) is 10.8 Å². The zero-order chi connectivity index (χ0) is 18.8. The van der Waals surface area contributed by atoms with Crippen molar-refractivity contribution in [2.24, 2.45) is 0 Å². The summed E-state index contributed by atoms with van der Waals surface area (Å²) in [5.41, 5.74) is 0.937. The molecule has 3 aromatic rings. The summed E-state index contributed by atoms with van der Waals surface area (Å²) in [5.74, 6) is 0.146. The van der Waals surface area contributed by atoms with Crippen LogP contribution in [-0.2, 0) is 0 Å². The van der Waals surface area contributed by atoms with E-state index in [0.29, 0.717) is 10.9 Å². The van der Waals surface area contributed by atoms with E-state index in [9.17, 15) is 14.9 Å². The number of nitro benzene ring substituents is 1. The van der Waals surface area contributed by atoms with Gasteiger partial charge in [0.05, 0.1) is 29.4 Å². The van der Waals surface area contributed by atoms with E-state index in [2.05, 4.69) is 10.3 Å². The van der Waals surface area contributed by atoms with Gasteiger partial charge in [-0.3, -0.25) is 20.2 Å². The lowest BCUT2D eigenvalue weighted by atomic mass is 10.1. The molecule has 0 unspecified atom stereocenters. The second-order valence-corrected chi connectivity index (χ2v) is 6.62. The van der Waals surface area contributed by atoms with Crippen LogP contribution in [0.5, 0.6) is 5.75 Å². The number of aryl methyl sites for hydroxylation is 2. The van der Waals surface area contributed by atoms with Gasteiger partial charge in [-0.15, -0.1) is 11.3 Å². The monoisotopic (exact) mass is 373 g/mol. The number of furan rings is 1. The lowest BCUT2D eigenvalue weighted by molar-refractivity contribution is -0.384. The third kappa shape index (κ3) is 3.42. The molecule has 1 aromatic carbocycles. The molecule has 0 bridgehead atoms. The van der Waals surface area contributed by atoms with Crippen LogP contribution in [-0.4, -0.2) is 22.9 Å². The average molecular weight is 373 g/mol. The van der Waals surface area contributed by atoms with Gasteiger partial charge in [-0.05, 0) is 38.1 Å². The van der Waals surface area contributed by atoms with Crippen LogP contribution in [0.25, 0.3) is 11.3 Å². The van der Waals surface area contributed by atoms with Crippen LogP contribution in [0, 0.1) is 24.0 Å². The van der Waals surface area contributed by atoms with Crippen molar-refractivity contribution in [1.29, 1.82) is 0 Å². The van der Waals surface area contributed by atoms with Crippen LogP contribution < -0.4 is 10.1 Å². The van der Waals surface area contributed by atoms with Crippen molar-refractivity contribution in [2.75, 3.05) is 12.4 Å². The average Bonchev–Trinajstić information content (AvgIpc) is 3.21. The number of amides is 1. The lowest BCUT2D eigenvalue weighted by Gasteiger charge is -2.03. The highest BCUT2D eigenvalue weighted by Crippen LogP contribution is 2.34. The largest absolute Gasteiger partial charge is 0.497 e. The minimum atomic E-state index is -0.527. The van der Waals surface area contributed by atoms with Gasteiger partial charge in [-0.1, -0.05) is 0 Å². The molecule has 2 aromatic heterocycles. The van der Waals surface area contributed by atoms with Crippen molar-refractivity contribution in [3.8, 4) is 17.1 Å². The fraction of sp³-hybridized carbons (Fsp3) is 0.176. The summed E-state index contributed by atoms with van der Waals surface area (Å²) in [5, 5.41) is 14.4. The molecule has 1 N–H and O–H groups in total. The number of benzene rings is 1. The number of ether oxygens (including phenoxy) is 1. The summed E-state index contributed by atoms with van der Waals surface area (Å²) in [4.78, 5) is 28.3. The van der Waals surface area contributed by atoms with Gasteiger partial charge in [0.2, 0.25) is 0 Å². The molecule has 0 saturated carbocycles. The smallest absolute Gasteiger partial charge is 0.293 e. The molecule has 0 fully saturated rings. The van der Waals surface area contributed by atoms with Gasteiger partial charge in [0.25, 0.3) is 11.6 Å². The first-order valence-electron chi connectivity index (χ1n) is 7.57. The number of aromatic nitrogens is 1.